The van der Waals surface area contributed by atoms with E-state index in [-0.39, 0.29) is 0 Å². The molecule has 1 unspecified atom stereocenters. The highest BCUT2D eigenvalue weighted by atomic mass is 28.3. The van der Waals surface area contributed by atoms with Gasteiger partial charge >= 0.3 is 0 Å². The highest BCUT2D eigenvalue weighted by Gasteiger charge is 2.43. The van der Waals surface area contributed by atoms with Crippen molar-refractivity contribution in [2.75, 3.05) is 0 Å². The summed E-state index contributed by atoms with van der Waals surface area (Å²) in [6.07, 6.45) is 12.9. The topological polar surface area (TPSA) is 43.9 Å². The Labute approximate surface area is 319 Å². The van der Waals surface area contributed by atoms with Crippen molar-refractivity contribution < 1.29 is 4.42 Å². The van der Waals surface area contributed by atoms with Crippen molar-refractivity contribution >= 4 is 78.2 Å². The number of fused-ring (bicyclic) bond motifs is 8. The van der Waals surface area contributed by atoms with E-state index in [0.29, 0.717) is 5.95 Å². The lowest BCUT2D eigenvalue weighted by molar-refractivity contribution is 0.669. The number of para-hydroxylation sites is 1. The van der Waals surface area contributed by atoms with Crippen LogP contribution in [0.5, 0.6) is 0 Å². The molecule has 0 radical (unpaired) electrons. The molecule has 0 saturated carbocycles. The van der Waals surface area contributed by atoms with E-state index in [0.717, 1.165) is 62.3 Å². The molecule has 0 amide bonds. The van der Waals surface area contributed by atoms with Gasteiger partial charge in [0.25, 0.3) is 0 Å². The van der Waals surface area contributed by atoms with Crippen LogP contribution < -0.4 is 15.6 Å². The second-order valence-electron chi connectivity index (χ2n) is 14.3. The Kier molecular flexibility index (Phi) is 7.19. The van der Waals surface area contributed by atoms with E-state index in [4.69, 9.17) is 14.4 Å². The highest BCUT2D eigenvalue weighted by Crippen LogP contribution is 2.40. The summed E-state index contributed by atoms with van der Waals surface area (Å²) in [5, 5.41) is 12.4. The van der Waals surface area contributed by atoms with Gasteiger partial charge in [-0.25, -0.2) is 9.97 Å². The molecule has 7 aromatic carbocycles. The van der Waals surface area contributed by atoms with E-state index in [1.54, 1.807) is 0 Å². The van der Waals surface area contributed by atoms with Crippen LogP contribution in [-0.4, -0.2) is 22.6 Å². The summed E-state index contributed by atoms with van der Waals surface area (Å²) in [5.41, 5.74) is 5.86. The summed E-state index contributed by atoms with van der Waals surface area (Å²) in [6, 6.07) is 58.6. The maximum Gasteiger partial charge on any atom is 0.234 e. The zero-order valence-electron chi connectivity index (χ0n) is 29.9. The van der Waals surface area contributed by atoms with Crippen LogP contribution in [0, 0.1) is 12.1 Å². The second kappa shape index (κ2) is 12.6. The first-order valence-electron chi connectivity index (χ1n) is 18.8. The van der Waals surface area contributed by atoms with Gasteiger partial charge in [-0.3, -0.25) is 4.57 Å². The van der Waals surface area contributed by atoms with E-state index in [1.165, 1.54) is 36.9 Å². The van der Waals surface area contributed by atoms with Gasteiger partial charge in [0.1, 0.15) is 11.2 Å². The third-order valence-electron chi connectivity index (χ3n) is 11.4. The summed E-state index contributed by atoms with van der Waals surface area (Å²) >= 11 is 0. The van der Waals surface area contributed by atoms with Crippen LogP contribution in [0.4, 0.5) is 0 Å². The van der Waals surface area contributed by atoms with Gasteiger partial charge in [0.15, 0.2) is 8.07 Å². The molecule has 1 aliphatic carbocycles. The van der Waals surface area contributed by atoms with Crippen LogP contribution >= 0.6 is 0 Å². The van der Waals surface area contributed by atoms with Gasteiger partial charge in [-0.15, -0.1) is 0 Å². The molecule has 0 spiro atoms. The molecule has 5 heteroatoms. The van der Waals surface area contributed by atoms with E-state index in [2.05, 4.69) is 162 Å². The molecule has 4 nitrogen and oxygen atoms in total. The van der Waals surface area contributed by atoms with Crippen LogP contribution in [-0.2, 0) is 0 Å². The molecule has 1 aliphatic rings. The normalized spacial score (nSPS) is 13.2. The zero-order chi connectivity index (χ0) is 36.3. The van der Waals surface area contributed by atoms with Crippen molar-refractivity contribution in [2.24, 2.45) is 0 Å². The Morgan fingerprint density at radius 1 is 0.600 bits per heavy atom. The number of rotatable bonds is 6. The van der Waals surface area contributed by atoms with Crippen molar-refractivity contribution in [1.29, 1.82) is 0 Å². The number of nitrogens with zero attached hydrogens (tertiary/aromatic N) is 3. The molecule has 55 heavy (non-hydrogen) atoms. The molecule has 0 bridgehead atoms. The highest BCUT2D eigenvalue weighted by molar-refractivity contribution is 7.16. The minimum atomic E-state index is -2.66. The number of hydrogen-bond acceptors (Lipinski definition) is 3. The molecular weight excluding hydrogens is 687 g/mol. The first-order valence-corrected chi connectivity index (χ1v) is 20.8. The van der Waals surface area contributed by atoms with E-state index < -0.39 is 8.07 Å². The Morgan fingerprint density at radius 2 is 1.42 bits per heavy atom. The predicted molar refractivity (Wildman–Crippen MR) is 228 cm³/mol. The minimum Gasteiger partial charge on any atom is -0.456 e. The summed E-state index contributed by atoms with van der Waals surface area (Å²) < 4.78 is 8.58. The second-order valence-corrected chi connectivity index (χ2v) is 18.2. The van der Waals surface area contributed by atoms with Crippen molar-refractivity contribution in [3.8, 4) is 17.1 Å². The van der Waals surface area contributed by atoms with Gasteiger partial charge in [-0.1, -0.05) is 145 Å². The number of furan rings is 1. The quantitative estimate of drug-likeness (QED) is 0.161. The zero-order valence-corrected chi connectivity index (χ0v) is 30.9. The van der Waals surface area contributed by atoms with Gasteiger partial charge < -0.3 is 4.42 Å². The van der Waals surface area contributed by atoms with E-state index in [1.807, 2.05) is 30.6 Å². The fourth-order valence-corrected chi connectivity index (χ4v) is 14.0. The van der Waals surface area contributed by atoms with Crippen molar-refractivity contribution in [1.82, 2.24) is 14.5 Å². The summed E-state index contributed by atoms with van der Waals surface area (Å²) in [7, 11) is -2.66. The van der Waals surface area contributed by atoms with Gasteiger partial charge in [-0.05, 0) is 75.1 Å². The van der Waals surface area contributed by atoms with Gasteiger partial charge in [-0.2, -0.15) is 0 Å². The molecule has 0 N–H and O–H groups in total. The van der Waals surface area contributed by atoms with Crippen LogP contribution in [0.2, 0.25) is 0 Å². The van der Waals surface area contributed by atoms with E-state index in [9.17, 15) is 0 Å². The lowest BCUT2D eigenvalue weighted by Gasteiger charge is -2.37. The number of benzene rings is 6. The molecule has 0 aliphatic heterocycles. The number of hydrogen-bond donors (Lipinski definition) is 0. The van der Waals surface area contributed by atoms with Crippen LogP contribution in [0.3, 0.4) is 0 Å². The maximum atomic E-state index is 6.40. The maximum absolute atomic E-state index is 6.40. The SMILES string of the molecule is c1ccc([Si](C2=CC=CCC2)(c2ccccc2)c2cccc(-c3cnc(-n4c5cc6oc7ccccc7c6cc5c5c6ccccc6ccc54)nc3)c2)cc#1. The average molecular weight is 720 g/mol. The molecular formula is C50H33N3OSi. The molecule has 0 saturated heterocycles. The van der Waals surface area contributed by atoms with Crippen LogP contribution in [0.25, 0.3) is 71.6 Å². The average Bonchev–Trinajstić information content (AvgIpc) is 3.79. The Morgan fingerprint density at radius 3 is 2.25 bits per heavy atom. The molecule has 258 valence electrons. The third-order valence-corrected chi connectivity index (χ3v) is 16.3. The summed E-state index contributed by atoms with van der Waals surface area (Å²) in [5.74, 6) is 0.619. The smallest absolute Gasteiger partial charge is 0.234 e. The van der Waals surface area contributed by atoms with Crippen molar-refractivity contribution in [2.45, 2.75) is 12.8 Å². The lowest BCUT2D eigenvalue weighted by Crippen LogP contribution is -2.68. The number of aromatic nitrogens is 3. The predicted octanol–water partition coefficient (Wildman–Crippen LogP) is 10.2. The van der Waals surface area contributed by atoms with E-state index >= 15 is 0 Å². The Bertz CT molecular complexity index is 3100. The molecule has 0 fully saturated rings. The molecule has 11 rings (SSSR count). The Hall–Kier alpha value is -7.00. The third kappa shape index (κ3) is 4.86. The Balaban J connectivity index is 1.09. The fourth-order valence-electron chi connectivity index (χ4n) is 8.98. The van der Waals surface area contributed by atoms with Gasteiger partial charge in [0.05, 0.1) is 11.0 Å². The standard InChI is InChI=1S/C50H33N3OSi/c1-4-17-37(18-5-1)55(38-19-6-2-7-20-38,39-21-8-3-9-22-39)40-23-14-16-35(29-40)36-32-51-50(52-33-36)53-45-28-27-34-15-10-11-24-41(34)49(45)44-30-43-42-25-12-13-26-47(42)54-48(43)31-46(44)53/h1-2,4-6,8,10-19,21-33H,7,20H2. The first-order chi connectivity index (χ1) is 27.3. The van der Waals surface area contributed by atoms with Gasteiger partial charge in [0.2, 0.25) is 5.95 Å². The van der Waals surface area contributed by atoms with Crippen LogP contribution in [0.1, 0.15) is 12.8 Å². The van der Waals surface area contributed by atoms with Crippen molar-refractivity contribution in [3.63, 3.8) is 0 Å². The first kappa shape index (κ1) is 31.5. The van der Waals surface area contributed by atoms with Crippen LogP contribution in [0.15, 0.2) is 186 Å². The largest absolute Gasteiger partial charge is 0.456 e. The van der Waals surface area contributed by atoms with Crippen molar-refractivity contribution in [3.05, 3.63) is 194 Å². The monoisotopic (exact) mass is 719 g/mol. The summed E-state index contributed by atoms with van der Waals surface area (Å²) in [6.45, 7) is 0. The molecule has 10 aromatic rings. The fraction of sp³-hybridized carbons (Fsp3) is 0.0400. The lowest BCUT2D eigenvalue weighted by atomic mass is 10.0. The number of allylic oxidation sites excluding steroid dienone is 4. The molecule has 1 atom stereocenters. The molecule has 3 heterocycles. The molecule has 3 aromatic heterocycles. The minimum absolute atomic E-state index is 0.619. The van der Waals surface area contributed by atoms with Gasteiger partial charge in [0, 0.05) is 45.6 Å². The summed E-state index contributed by atoms with van der Waals surface area (Å²) in [4.78, 5) is 10.2.